The van der Waals surface area contributed by atoms with Crippen LogP contribution in [0.3, 0.4) is 0 Å². The van der Waals surface area contributed by atoms with Gasteiger partial charge in [0.2, 0.25) is 0 Å². The monoisotopic (exact) mass is 426 g/mol. The zero-order valence-corrected chi connectivity index (χ0v) is 16.2. The second kappa shape index (κ2) is 7.03. The Morgan fingerprint density at radius 3 is 2.87 bits per heavy atom. The molecule has 3 heterocycles. The number of aromatic hydroxyl groups is 2. The number of anilines is 2. The fourth-order valence-electron chi connectivity index (χ4n) is 3.07. The fourth-order valence-corrected chi connectivity index (χ4v) is 3.25. The van der Waals surface area contributed by atoms with E-state index in [0.717, 1.165) is 12.8 Å². The Kier molecular flexibility index (Phi) is 4.32. The van der Waals surface area contributed by atoms with Crippen molar-refractivity contribution in [3.63, 3.8) is 0 Å². The number of hydrogen-bond donors (Lipinski definition) is 4. The number of nitrogens with zero attached hydrogens (tertiary/aromatic N) is 4. The van der Waals surface area contributed by atoms with E-state index in [9.17, 15) is 14.6 Å². The van der Waals surface area contributed by atoms with E-state index in [4.69, 9.17) is 11.6 Å². The lowest BCUT2D eigenvalue weighted by Gasteiger charge is -2.08. The summed E-state index contributed by atoms with van der Waals surface area (Å²) < 4.78 is 15.4. The molecule has 0 amide bonds. The smallest absolute Gasteiger partial charge is 0.198 e. The number of hydrogen-bond acceptors (Lipinski definition) is 6. The number of rotatable bonds is 4. The summed E-state index contributed by atoms with van der Waals surface area (Å²) in [4.78, 5) is 11.7. The van der Waals surface area contributed by atoms with Crippen LogP contribution in [0.25, 0.3) is 11.7 Å². The topological polar surface area (TPSA) is 111 Å². The highest BCUT2D eigenvalue weighted by Gasteiger charge is 2.20. The number of nitrogens with one attached hydrogen (secondary N) is 2. The molecular formula is C20H16ClFN6O2. The predicted molar refractivity (Wildman–Crippen MR) is 109 cm³/mol. The van der Waals surface area contributed by atoms with Crippen molar-refractivity contribution in [3.8, 4) is 11.8 Å². The molecule has 5 rings (SSSR count). The minimum absolute atomic E-state index is 0.0344. The zero-order chi connectivity index (χ0) is 20.8. The van der Waals surface area contributed by atoms with Crippen molar-refractivity contribution in [1.29, 1.82) is 0 Å². The Balaban J connectivity index is 1.68. The molecule has 0 unspecified atom stereocenters. The van der Waals surface area contributed by atoms with Crippen molar-refractivity contribution in [2.24, 2.45) is 4.99 Å². The van der Waals surface area contributed by atoms with Crippen LogP contribution in [0, 0.1) is 5.82 Å². The summed E-state index contributed by atoms with van der Waals surface area (Å²) in [5.41, 5.74) is 1.84. The minimum Gasteiger partial charge on any atom is -0.494 e. The minimum atomic E-state index is -0.535. The summed E-state index contributed by atoms with van der Waals surface area (Å²) in [5, 5.41) is 27.4. The first-order chi connectivity index (χ1) is 14.5. The molecule has 0 spiro atoms. The second-order valence-corrected chi connectivity index (χ2v) is 7.40. The molecule has 1 aliphatic carbocycles. The highest BCUT2D eigenvalue weighted by atomic mass is 35.5. The molecule has 0 aliphatic heterocycles. The molecule has 3 aromatic heterocycles. The summed E-state index contributed by atoms with van der Waals surface area (Å²) >= 11 is 6.07. The Morgan fingerprint density at radius 2 is 2.13 bits per heavy atom. The summed E-state index contributed by atoms with van der Waals surface area (Å²) in [7, 11) is 0. The number of fused-ring (bicyclic) bond motifs is 1. The first-order valence-electron chi connectivity index (χ1n) is 9.24. The van der Waals surface area contributed by atoms with Crippen LogP contribution in [-0.2, 0) is 0 Å². The molecule has 1 saturated carbocycles. The lowest BCUT2D eigenvalue weighted by Crippen LogP contribution is -2.19. The van der Waals surface area contributed by atoms with Gasteiger partial charge >= 0.3 is 0 Å². The normalized spacial score (nSPS) is 15.3. The number of aromatic amines is 1. The molecule has 0 bridgehead atoms. The molecule has 4 aromatic rings. The van der Waals surface area contributed by atoms with Gasteiger partial charge in [-0.1, -0.05) is 17.7 Å². The molecule has 1 fully saturated rings. The van der Waals surface area contributed by atoms with E-state index in [0.29, 0.717) is 33.4 Å². The third-order valence-electron chi connectivity index (χ3n) is 4.68. The largest absolute Gasteiger partial charge is 0.494 e. The molecule has 8 nitrogen and oxygen atoms in total. The van der Waals surface area contributed by atoms with Crippen molar-refractivity contribution < 1.29 is 14.6 Å². The molecule has 10 heteroatoms. The Labute approximate surface area is 174 Å². The van der Waals surface area contributed by atoms with Crippen LogP contribution in [0.1, 0.15) is 18.4 Å². The number of benzene rings is 1. The fraction of sp³-hybridized carbons (Fsp3) is 0.150. The van der Waals surface area contributed by atoms with E-state index < -0.39 is 5.82 Å². The Morgan fingerprint density at radius 1 is 1.30 bits per heavy atom. The Hall–Kier alpha value is -3.59. The predicted octanol–water partition coefficient (Wildman–Crippen LogP) is 2.62. The van der Waals surface area contributed by atoms with Gasteiger partial charge in [-0.05, 0) is 31.1 Å². The molecule has 30 heavy (non-hydrogen) atoms. The van der Waals surface area contributed by atoms with Gasteiger partial charge in [0, 0.05) is 22.9 Å². The molecular weight excluding hydrogens is 411 g/mol. The maximum Gasteiger partial charge on any atom is 0.198 e. The van der Waals surface area contributed by atoms with Gasteiger partial charge in [-0.15, -0.1) is 0 Å². The van der Waals surface area contributed by atoms with Gasteiger partial charge < -0.3 is 15.5 Å². The zero-order valence-electron chi connectivity index (χ0n) is 15.5. The third kappa shape index (κ3) is 3.43. The van der Waals surface area contributed by atoms with Gasteiger partial charge in [0.15, 0.2) is 22.9 Å². The van der Waals surface area contributed by atoms with Gasteiger partial charge in [-0.3, -0.25) is 9.98 Å². The van der Waals surface area contributed by atoms with Crippen LogP contribution in [0.4, 0.5) is 15.9 Å². The van der Waals surface area contributed by atoms with Crippen LogP contribution >= 0.6 is 11.6 Å². The average Bonchev–Trinajstić information content (AvgIpc) is 3.34. The molecule has 1 aliphatic rings. The number of halogens is 2. The SMILES string of the molecule is Oc1cc(C=c2cnn3c(=NC4CC4)cc(Nc4cccc(F)c4Cl)nc23)c(O)[nH]1. The number of aromatic nitrogens is 4. The third-order valence-corrected chi connectivity index (χ3v) is 5.06. The van der Waals surface area contributed by atoms with Crippen molar-refractivity contribution in [1.82, 2.24) is 19.6 Å². The highest BCUT2D eigenvalue weighted by molar-refractivity contribution is 6.33. The van der Waals surface area contributed by atoms with Gasteiger partial charge in [0.1, 0.15) is 11.6 Å². The lowest BCUT2D eigenvalue weighted by atomic mass is 10.2. The van der Waals surface area contributed by atoms with Crippen molar-refractivity contribution in [3.05, 3.63) is 63.6 Å². The molecule has 152 valence electrons. The summed E-state index contributed by atoms with van der Waals surface area (Å²) in [6.07, 6.45) is 5.26. The van der Waals surface area contributed by atoms with Crippen LogP contribution in [0.5, 0.6) is 11.8 Å². The molecule has 0 atom stereocenters. The molecule has 0 saturated heterocycles. The van der Waals surface area contributed by atoms with E-state index in [1.807, 2.05) is 0 Å². The standard InChI is InChI=1S/C20H16ClFN6O2/c21-18-13(22)2-1-3-14(18)25-15-8-16(24-12-4-5-12)28-19(26-15)11(9-23-28)6-10-7-17(29)27-20(10)30/h1-3,6-9,12,25,27,29-30H,4-5H2. The van der Waals surface area contributed by atoms with E-state index >= 15 is 0 Å². The molecule has 1 aromatic carbocycles. The number of H-pyrrole nitrogens is 1. The van der Waals surface area contributed by atoms with E-state index in [1.54, 1.807) is 35.0 Å². The lowest BCUT2D eigenvalue weighted by molar-refractivity contribution is 0.425. The average molecular weight is 427 g/mol. The van der Waals surface area contributed by atoms with Gasteiger partial charge in [0.05, 0.1) is 22.9 Å². The van der Waals surface area contributed by atoms with Crippen molar-refractivity contribution in [2.45, 2.75) is 18.9 Å². The van der Waals surface area contributed by atoms with Gasteiger partial charge in [-0.25, -0.2) is 9.37 Å². The second-order valence-electron chi connectivity index (χ2n) is 7.02. The first-order valence-corrected chi connectivity index (χ1v) is 9.62. The maximum absolute atomic E-state index is 13.8. The maximum atomic E-state index is 13.8. The van der Waals surface area contributed by atoms with Crippen LogP contribution in [0.15, 0.2) is 41.5 Å². The van der Waals surface area contributed by atoms with Crippen molar-refractivity contribution >= 4 is 34.8 Å². The first kappa shape index (κ1) is 18.4. The Bertz CT molecular complexity index is 1390. The summed E-state index contributed by atoms with van der Waals surface area (Å²) in [6.45, 7) is 0. The summed E-state index contributed by atoms with van der Waals surface area (Å²) in [6, 6.07) is 7.84. The summed E-state index contributed by atoms with van der Waals surface area (Å²) in [5.74, 6) is -0.441. The van der Waals surface area contributed by atoms with E-state index in [2.05, 4.69) is 25.4 Å². The highest BCUT2D eigenvalue weighted by Crippen LogP contribution is 2.27. The van der Waals surface area contributed by atoms with Gasteiger partial charge in [0.25, 0.3) is 0 Å². The van der Waals surface area contributed by atoms with E-state index in [-0.39, 0.29) is 22.8 Å². The van der Waals surface area contributed by atoms with Crippen LogP contribution in [-0.4, -0.2) is 35.8 Å². The van der Waals surface area contributed by atoms with Crippen molar-refractivity contribution in [2.75, 3.05) is 5.32 Å². The molecule has 0 radical (unpaired) electrons. The molecule has 4 N–H and O–H groups in total. The van der Waals surface area contributed by atoms with Crippen LogP contribution < -0.4 is 16.0 Å². The van der Waals surface area contributed by atoms with E-state index in [1.165, 1.54) is 12.1 Å². The van der Waals surface area contributed by atoms with Crippen LogP contribution in [0.2, 0.25) is 5.02 Å². The van der Waals surface area contributed by atoms with Gasteiger partial charge in [-0.2, -0.15) is 9.61 Å². The quantitative estimate of drug-likeness (QED) is 0.401.